The third kappa shape index (κ3) is 3.55. The standard InChI is InChI=1S/C19H27N3O2/c1-19(2,3)24-18(23)21(4)15-10-11-17-20-12-16(22(17)13-15)14-8-6-5-7-9-14/h10-14H,5-9H2,1-4H3. The van der Waals surface area contributed by atoms with Gasteiger partial charge in [0.25, 0.3) is 0 Å². The molecule has 0 N–H and O–H groups in total. The first-order valence-electron chi connectivity index (χ1n) is 8.79. The number of anilines is 1. The smallest absolute Gasteiger partial charge is 0.414 e. The van der Waals surface area contributed by atoms with Crippen molar-refractivity contribution in [3.8, 4) is 0 Å². The van der Waals surface area contributed by atoms with Gasteiger partial charge in [-0.15, -0.1) is 0 Å². The first-order valence-corrected chi connectivity index (χ1v) is 8.79. The van der Waals surface area contributed by atoms with Crippen LogP contribution >= 0.6 is 0 Å². The van der Waals surface area contributed by atoms with Crippen LogP contribution in [0.15, 0.2) is 24.5 Å². The van der Waals surface area contributed by atoms with Crippen LogP contribution in [0.2, 0.25) is 0 Å². The number of fused-ring (bicyclic) bond motifs is 1. The van der Waals surface area contributed by atoms with Crippen LogP contribution in [0.1, 0.15) is 64.5 Å². The summed E-state index contributed by atoms with van der Waals surface area (Å²) in [4.78, 5) is 18.4. The van der Waals surface area contributed by atoms with Crippen LogP contribution in [0.3, 0.4) is 0 Å². The van der Waals surface area contributed by atoms with Crippen LogP contribution in [0.4, 0.5) is 10.5 Å². The largest absolute Gasteiger partial charge is 0.443 e. The highest BCUT2D eigenvalue weighted by Crippen LogP contribution is 2.33. The van der Waals surface area contributed by atoms with Gasteiger partial charge in [0.05, 0.1) is 5.69 Å². The maximum absolute atomic E-state index is 12.3. The Morgan fingerprint density at radius 2 is 1.96 bits per heavy atom. The third-order valence-corrected chi connectivity index (χ3v) is 4.60. The fraction of sp³-hybridized carbons (Fsp3) is 0.579. The molecule has 1 amide bonds. The Bertz CT molecular complexity index is 724. The van der Waals surface area contributed by atoms with Gasteiger partial charge in [0.1, 0.15) is 11.2 Å². The molecule has 0 saturated heterocycles. The summed E-state index contributed by atoms with van der Waals surface area (Å²) in [5.41, 5.74) is 2.49. The van der Waals surface area contributed by atoms with Crippen molar-refractivity contribution in [2.45, 2.75) is 64.4 Å². The molecule has 0 atom stereocenters. The van der Waals surface area contributed by atoms with Crippen LogP contribution in [-0.2, 0) is 4.74 Å². The molecule has 1 fully saturated rings. The Balaban J connectivity index is 1.88. The quantitative estimate of drug-likeness (QED) is 0.798. The average molecular weight is 329 g/mol. The van der Waals surface area contributed by atoms with Gasteiger partial charge in [-0.05, 0) is 45.7 Å². The molecule has 0 unspecified atom stereocenters. The molecular weight excluding hydrogens is 302 g/mol. The molecule has 24 heavy (non-hydrogen) atoms. The molecule has 0 aromatic carbocycles. The van der Waals surface area contributed by atoms with E-state index in [1.165, 1.54) is 37.8 Å². The number of rotatable bonds is 2. The fourth-order valence-electron chi connectivity index (χ4n) is 3.32. The molecular formula is C19H27N3O2. The Morgan fingerprint density at radius 3 is 2.62 bits per heavy atom. The molecule has 5 heteroatoms. The van der Waals surface area contributed by atoms with Crippen molar-refractivity contribution >= 4 is 17.4 Å². The fourth-order valence-corrected chi connectivity index (χ4v) is 3.32. The van der Waals surface area contributed by atoms with Gasteiger partial charge in [0.15, 0.2) is 0 Å². The van der Waals surface area contributed by atoms with E-state index < -0.39 is 5.60 Å². The monoisotopic (exact) mass is 329 g/mol. The molecule has 0 aliphatic heterocycles. The number of imidazole rings is 1. The van der Waals surface area contributed by atoms with Crippen molar-refractivity contribution in [2.75, 3.05) is 11.9 Å². The van der Waals surface area contributed by atoms with E-state index >= 15 is 0 Å². The number of hydrogen-bond donors (Lipinski definition) is 0. The first kappa shape index (κ1) is 16.8. The minimum atomic E-state index is -0.502. The van der Waals surface area contributed by atoms with Crippen molar-refractivity contribution in [2.24, 2.45) is 0 Å². The summed E-state index contributed by atoms with van der Waals surface area (Å²) in [6.45, 7) is 5.62. The highest BCUT2D eigenvalue weighted by molar-refractivity contribution is 5.87. The molecule has 1 saturated carbocycles. The molecule has 2 aromatic heterocycles. The minimum absolute atomic E-state index is 0.346. The molecule has 0 spiro atoms. The summed E-state index contributed by atoms with van der Waals surface area (Å²) in [7, 11) is 1.74. The number of ether oxygens (including phenoxy) is 1. The Morgan fingerprint density at radius 1 is 1.25 bits per heavy atom. The van der Waals surface area contributed by atoms with Crippen molar-refractivity contribution in [1.82, 2.24) is 9.38 Å². The molecule has 5 nitrogen and oxygen atoms in total. The van der Waals surface area contributed by atoms with E-state index in [0.29, 0.717) is 5.92 Å². The summed E-state index contributed by atoms with van der Waals surface area (Å²) in [5.74, 6) is 0.566. The van der Waals surface area contributed by atoms with E-state index in [1.54, 1.807) is 11.9 Å². The number of pyridine rings is 1. The normalized spacial score (nSPS) is 16.3. The highest BCUT2D eigenvalue weighted by atomic mass is 16.6. The zero-order valence-corrected chi connectivity index (χ0v) is 15.1. The number of aromatic nitrogens is 2. The zero-order chi connectivity index (χ0) is 17.3. The van der Waals surface area contributed by atoms with E-state index in [9.17, 15) is 4.79 Å². The van der Waals surface area contributed by atoms with Gasteiger partial charge in [-0.2, -0.15) is 0 Å². The number of amides is 1. The summed E-state index contributed by atoms with van der Waals surface area (Å²) >= 11 is 0. The van der Waals surface area contributed by atoms with Crippen LogP contribution in [-0.4, -0.2) is 28.1 Å². The zero-order valence-electron chi connectivity index (χ0n) is 15.1. The van der Waals surface area contributed by atoms with Gasteiger partial charge < -0.3 is 9.14 Å². The van der Waals surface area contributed by atoms with Crippen LogP contribution in [0.5, 0.6) is 0 Å². The molecule has 2 heterocycles. The maximum Gasteiger partial charge on any atom is 0.414 e. The van der Waals surface area contributed by atoms with Gasteiger partial charge >= 0.3 is 6.09 Å². The van der Waals surface area contributed by atoms with Gasteiger partial charge in [-0.25, -0.2) is 9.78 Å². The van der Waals surface area contributed by atoms with Crippen molar-refractivity contribution < 1.29 is 9.53 Å². The lowest BCUT2D eigenvalue weighted by molar-refractivity contribution is 0.0589. The van der Waals surface area contributed by atoms with Crippen molar-refractivity contribution in [3.63, 3.8) is 0 Å². The second-order valence-corrected chi connectivity index (χ2v) is 7.67. The summed E-state index contributed by atoms with van der Waals surface area (Å²) in [6, 6.07) is 3.87. The average Bonchev–Trinajstić information content (AvgIpc) is 2.96. The van der Waals surface area contributed by atoms with Crippen molar-refractivity contribution in [3.05, 3.63) is 30.2 Å². The van der Waals surface area contributed by atoms with Crippen LogP contribution in [0, 0.1) is 0 Å². The van der Waals surface area contributed by atoms with Gasteiger partial charge in [0.2, 0.25) is 0 Å². The SMILES string of the molecule is CN(C(=O)OC(C)(C)C)c1ccc2ncc(C3CCCCC3)n2c1. The van der Waals surface area contributed by atoms with Gasteiger partial charge in [-0.1, -0.05) is 19.3 Å². The van der Waals surface area contributed by atoms with Crippen LogP contribution in [0.25, 0.3) is 5.65 Å². The predicted octanol–water partition coefficient (Wildman–Crippen LogP) is 4.75. The third-order valence-electron chi connectivity index (χ3n) is 4.60. The lowest BCUT2D eigenvalue weighted by atomic mass is 9.87. The lowest BCUT2D eigenvalue weighted by Gasteiger charge is -2.25. The topological polar surface area (TPSA) is 46.8 Å². The van der Waals surface area contributed by atoms with E-state index in [0.717, 1.165) is 11.3 Å². The number of nitrogens with zero attached hydrogens (tertiary/aromatic N) is 3. The molecule has 2 aromatic rings. The number of carbonyl (C=O) groups excluding carboxylic acids is 1. The maximum atomic E-state index is 12.3. The summed E-state index contributed by atoms with van der Waals surface area (Å²) in [6.07, 6.45) is 9.99. The van der Waals surface area contributed by atoms with E-state index in [1.807, 2.05) is 45.3 Å². The molecule has 0 radical (unpaired) electrons. The number of hydrogen-bond acceptors (Lipinski definition) is 3. The van der Waals surface area contributed by atoms with E-state index in [2.05, 4.69) is 9.38 Å². The highest BCUT2D eigenvalue weighted by Gasteiger charge is 2.22. The molecule has 130 valence electrons. The predicted molar refractivity (Wildman–Crippen MR) is 95.7 cm³/mol. The van der Waals surface area contributed by atoms with E-state index in [-0.39, 0.29) is 6.09 Å². The second-order valence-electron chi connectivity index (χ2n) is 7.67. The number of carbonyl (C=O) groups is 1. The molecule has 0 bridgehead atoms. The van der Waals surface area contributed by atoms with Crippen molar-refractivity contribution in [1.29, 1.82) is 0 Å². The second kappa shape index (κ2) is 6.46. The Labute approximate surface area is 143 Å². The van der Waals surface area contributed by atoms with Gasteiger partial charge in [-0.3, -0.25) is 4.90 Å². The molecule has 1 aliphatic carbocycles. The molecule has 3 rings (SSSR count). The summed E-state index contributed by atoms with van der Waals surface area (Å²) < 4.78 is 7.59. The Hall–Kier alpha value is -2.04. The van der Waals surface area contributed by atoms with Gasteiger partial charge in [0, 0.05) is 31.1 Å². The Kier molecular flexibility index (Phi) is 4.52. The van der Waals surface area contributed by atoms with Crippen LogP contribution < -0.4 is 4.90 Å². The summed E-state index contributed by atoms with van der Waals surface area (Å²) in [5, 5.41) is 0. The first-order chi connectivity index (χ1) is 11.3. The van der Waals surface area contributed by atoms with E-state index in [4.69, 9.17) is 4.74 Å². The molecule has 1 aliphatic rings. The minimum Gasteiger partial charge on any atom is -0.443 e. The lowest BCUT2D eigenvalue weighted by Crippen LogP contribution is -2.34.